The third kappa shape index (κ3) is 4.86. The van der Waals surface area contributed by atoms with Gasteiger partial charge in [0.25, 0.3) is 0 Å². The number of aryl methyl sites for hydroxylation is 1. The van der Waals surface area contributed by atoms with E-state index in [1.165, 1.54) is 40.8 Å². The molecule has 0 bridgehead atoms. The first-order valence-electron chi connectivity index (χ1n) is 6.98. The van der Waals surface area contributed by atoms with E-state index in [0.29, 0.717) is 0 Å². The maximum Gasteiger partial charge on any atom is 0.117 e. The van der Waals surface area contributed by atoms with Crippen molar-refractivity contribution in [3.63, 3.8) is 0 Å². The SMILES string of the molecule is CCNCCCc1nnc(CC2CCSCC2)s1. The maximum absolute atomic E-state index is 4.35. The second-order valence-electron chi connectivity index (χ2n) is 4.81. The van der Waals surface area contributed by atoms with Crippen molar-refractivity contribution in [2.45, 2.75) is 39.0 Å². The highest BCUT2D eigenvalue weighted by Crippen LogP contribution is 2.26. The van der Waals surface area contributed by atoms with Crippen LogP contribution in [0.1, 0.15) is 36.2 Å². The lowest BCUT2D eigenvalue weighted by molar-refractivity contribution is 0.485. The highest BCUT2D eigenvalue weighted by Gasteiger charge is 2.16. The third-order valence-electron chi connectivity index (χ3n) is 3.31. The Morgan fingerprint density at radius 2 is 2.00 bits per heavy atom. The Balaban J connectivity index is 1.71. The van der Waals surface area contributed by atoms with Crippen LogP contribution in [0.2, 0.25) is 0 Å². The zero-order chi connectivity index (χ0) is 12.6. The summed E-state index contributed by atoms with van der Waals surface area (Å²) in [4.78, 5) is 0. The molecule has 18 heavy (non-hydrogen) atoms. The van der Waals surface area contributed by atoms with E-state index in [4.69, 9.17) is 0 Å². The van der Waals surface area contributed by atoms with E-state index in [0.717, 1.165) is 31.8 Å². The van der Waals surface area contributed by atoms with Crippen LogP contribution in [0.5, 0.6) is 0 Å². The fourth-order valence-corrected chi connectivity index (χ4v) is 4.42. The summed E-state index contributed by atoms with van der Waals surface area (Å²) in [5.41, 5.74) is 0. The van der Waals surface area contributed by atoms with Gasteiger partial charge in [-0.25, -0.2) is 0 Å². The van der Waals surface area contributed by atoms with E-state index in [-0.39, 0.29) is 0 Å². The molecule has 0 spiro atoms. The molecule has 1 saturated heterocycles. The average Bonchev–Trinajstić information content (AvgIpc) is 2.84. The highest BCUT2D eigenvalue weighted by molar-refractivity contribution is 7.99. The summed E-state index contributed by atoms with van der Waals surface area (Å²) in [6, 6.07) is 0. The Hall–Kier alpha value is -0.130. The predicted molar refractivity (Wildman–Crippen MR) is 80.5 cm³/mol. The van der Waals surface area contributed by atoms with Crippen LogP contribution in [0.3, 0.4) is 0 Å². The summed E-state index contributed by atoms with van der Waals surface area (Å²) >= 11 is 3.92. The molecule has 0 amide bonds. The van der Waals surface area contributed by atoms with Crippen molar-refractivity contribution in [2.24, 2.45) is 5.92 Å². The molecule has 0 radical (unpaired) electrons. The molecule has 0 unspecified atom stereocenters. The quantitative estimate of drug-likeness (QED) is 0.782. The fraction of sp³-hybridized carbons (Fsp3) is 0.846. The van der Waals surface area contributed by atoms with Crippen LogP contribution in [0, 0.1) is 5.92 Å². The molecule has 2 rings (SSSR count). The standard InChI is InChI=1S/C13H23N3S2/c1-2-14-7-3-4-12-15-16-13(18-12)10-11-5-8-17-9-6-11/h11,14H,2-10H2,1H3. The first-order valence-corrected chi connectivity index (χ1v) is 8.95. The monoisotopic (exact) mass is 285 g/mol. The van der Waals surface area contributed by atoms with Crippen molar-refractivity contribution in [3.8, 4) is 0 Å². The van der Waals surface area contributed by atoms with Gasteiger partial charge in [0.05, 0.1) is 0 Å². The summed E-state index contributed by atoms with van der Waals surface area (Å²) in [5, 5.41) is 14.5. The maximum atomic E-state index is 4.35. The summed E-state index contributed by atoms with van der Waals surface area (Å²) in [6.45, 7) is 4.29. The molecule has 1 aliphatic rings. The topological polar surface area (TPSA) is 37.8 Å². The Kier molecular flexibility index (Phi) is 6.45. The number of nitrogens with zero attached hydrogens (tertiary/aromatic N) is 2. The Labute approximate surface area is 118 Å². The van der Waals surface area contributed by atoms with Crippen LogP contribution in [0.15, 0.2) is 0 Å². The van der Waals surface area contributed by atoms with Gasteiger partial charge in [-0.3, -0.25) is 0 Å². The molecule has 1 aromatic rings. The molecule has 0 aromatic carbocycles. The lowest BCUT2D eigenvalue weighted by atomic mass is 9.99. The minimum absolute atomic E-state index is 0.855. The van der Waals surface area contributed by atoms with Crippen LogP contribution < -0.4 is 5.32 Å². The molecule has 0 aliphatic carbocycles. The van der Waals surface area contributed by atoms with Crippen molar-refractivity contribution in [1.82, 2.24) is 15.5 Å². The zero-order valence-electron chi connectivity index (χ0n) is 11.2. The molecule has 1 N–H and O–H groups in total. The molecule has 102 valence electrons. The highest BCUT2D eigenvalue weighted by atomic mass is 32.2. The molecule has 0 saturated carbocycles. The Morgan fingerprint density at radius 3 is 2.78 bits per heavy atom. The van der Waals surface area contributed by atoms with Crippen LogP contribution in [0.25, 0.3) is 0 Å². The van der Waals surface area contributed by atoms with Crippen molar-refractivity contribution in [1.29, 1.82) is 0 Å². The number of hydrogen-bond donors (Lipinski definition) is 1. The van der Waals surface area contributed by atoms with Gasteiger partial charge in [-0.05, 0) is 49.8 Å². The van der Waals surface area contributed by atoms with E-state index in [1.54, 1.807) is 0 Å². The Morgan fingerprint density at radius 1 is 1.22 bits per heavy atom. The minimum atomic E-state index is 0.855. The van der Waals surface area contributed by atoms with E-state index >= 15 is 0 Å². The number of hydrogen-bond acceptors (Lipinski definition) is 5. The molecule has 1 aliphatic heterocycles. The summed E-state index contributed by atoms with van der Waals surface area (Å²) in [5.74, 6) is 3.52. The van der Waals surface area contributed by atoms with Gasteiger partial charge in [0, 0.05) is 12.8 Å². The van der Waals surface area contributed by atoms with Crippen LogP contribution >= 0.6 is 23.1 Å². The average molecular weight is 285 g/mol. The summed E-state index contributed by atoms with van der Waals surface area (Å²) in [6.07, 6.45) is 6.12. The lowest BCUT2D eigenvalue weighted by Crippen LogP contribution is -2.14. The predicted octanol–water partition coefficient (Wildman–Crippen LogP) is 2.77. The molecule has 1 fully saturated rings. The zero-order valence-corrected chi connectivity index (χ0v) is 12.8. The lowest BCUT2D eigenvalue weighted by Gasteiger charge is -2.19. The van der Waals surface area contributed by atoms with Crippen LogP contribution in [-0.4, -0.2) is 34.8 Å². The smallest absolute Gasteiger partial charge is 0.117 e. The number of rotatable bonds is 7. The first kappa shape index (κ1) is 14.3. The van der Waals surface area contributed by atoms with Crippen LogP contribution in [0.4, 0.5) is 0 Å². The largest absolute Gasteiger partial charge is 0.317 e. The van der Waals surface area contributed by atoms with E-state index in [2.05, 4.69) is 34.2 Å². The molecule has 5 heteroatoms. The fourth-order valence-electron chi connectivity index (χ4n) is 2.21. The van der Waals surface area contributed by atoms with Gasteiger partial charge in [0.2, 0.25) is 0 Å². The molecule has 1 aromatic heterocycles. The van der Waals surface area contributed by atoms with E-state index in [1.807, 2.05) is 11.3 Å². The minimum Gasteiger partial charge on any atom is -0.317 e. The van der Waals surface area contributed by atoms with Gasteiger partial charge in [0.1, 0.15) is 10.0 Å². The van der Waals surface area contributed by atoms with Gasteiger partial charge in [-0.2, -0.15) is 11.8 Å². The van der Waals surface area contributed by atoms with Gasteiger partial charge in [-0.15, -0.1) is 21.5 Å². The van der Waals surface area contributed by atoms with Crippen molar-refractivity contribution < 1.29 is 0 Å². The molecular formula is C13H23N3S2. The third-order valence-corrected chi connectivity index (χ3v) is 5.36. The first-order chi connectivity index (χ1) is 8.88. The number of thioether (sulfide) groups is 1. The van der Waals surface area contributed by atoms with Crippen LogP contribution in [-0.2, 0) is 12.8 Å². The second kappa shape index (κ2) is 8.12. The van der Waals surface area contributed by atoms with Crippen molar-refractivity contribution in [2.75, 3.05) is 24.6 Å². The van der Waals surface area contributed by atoms with E-state index in [9.17, 15) is 0 Å². The van der Waals surface area contributed by atoms with Gasteiger partial charge in [0.15, 0.2) is 0 Å². The summed E-state index contributed by atoms with van der Waals surface area (Å²) < 4.78 is 0. The van der Waals surface area contributed by atoms with E-state index < -0.39 is 0 Å². The number of nitrogens with one attached hydrogen (secondary N) is 1. The van der Waals surface area contributed by atoms with Gasteiger partial charge in [-0.1, -0.05) is 6.92 Å². The molecule has 3 nitrogen and oxygen atoms in total. The molecule has 2 heterocycles. The van der Waals surface area contributed by atoms with Crippen molar-refractivity contribution >= 4 is 23.1 Å². The molecular weight excluding hydrogens is 262 g/mol. The van der Waals surface area contributed by atoms with Crippen molar-refractivity contribution in [3.05, 3.63) is 10.0 Å². The Bertz CT molecular complexity index is 335. The second-order valence-corrected chi connectivity index (χ2v) is 7.18. The number of aromatic nitrogens is 2. The van der Waals surface area contributed by atoms with Gasteiger partial charge >= 0.3 is 0 Å². The molecule has 0 atom stereocenters. The normalized spacial score (nSPS) is 17.2. The van der Waals surface area contributed by atoms with Gasteiger partial charge < -0.3 is 5.32 Å². The summed E-state index contributed by atoms with van der Waals surface area (Å²) in [7, 11) is 0.